The molecule has 1 heterocycles. The summed E-state index contributed by atoms with van der Waals surface area (Å²) in [5, 5.41) is 6.89. The molecule has 3 rings (SSSR count). The van der Waals surface area contributed by atoms with Gasteiger partial charge in [-0.25, -0.2) is 8.78 Å². The third-order valence-electron chi connectivity index (χ3n) is 3.88. The highest BCUT2D eigenvalue weighted by molar-refractivity contribution is 7.71. The van der Waals surface area contributed by atoms with Gasteiger partial charge in [0.05, 0.1) is 19.9 Å². The fourth-order valence-electron chi connectivity index (χ4n) is 2.61. The normalized spacial score (nSPS) is 11.9. The highest BCUT2D eigenvalue weighted by Gasteiger charge is 2.20. The van der Waals surface area contributed by atoms with Gasteiger partial charge in [-0.2, -0.15) is 5.10 Å². The third kappa shape index (κ3) is 3.77. The van der Waals surface area contributed by atoms with Crippen LogP contribution in [0.5, 0.6) is 17.2 Å². The quantitative estimate of drug-likeness (QED) is 0.631. The van der Waals surface area contributed by atoms with Crippen molar-refractivity contribution >= 4 is 12.2 Å². The van der Waals surface area contributed by atoms with E-state index in [4.69, 9.17) is 26.4 Å². The van der Waals surface area contributed by atoms with Gasteiger partial charge in [0.1, 0.15) is 5.82 Å². The Bertz CT molecular complexity index is 1020. The fourth-order valence-corrected chi connectivity index (χ4v) is 2.85. The van der Waals surface area contributed by atoms with Crippen molar-refractivity contribution in [3.63, 3.8) is 0 Å². The zero-order valence-electron chi connectivity index (χ0n) is 14.8. The molecule has 142 valence electrons. The average molecular weight is 393 g/mol. The van der Waals surface area contributed by atoms with Crippen LogP contribution in [-0.4, -0.2) is 29.0 Å². The first-order valence-electron chi connectivity index (χ1n) is 7.96. The van der Waals surface area contributed by atoms with Crippen LogP contribution in [0.15, 0.2) is 36.4 Å². The Balaban J connectivity index is 1.98. The molecule has 0 amide bonds. The monoisotopic (exact) mass is 393 g/mol. The Morgan fingerprint density at radius 3 is 2.41 bits per heavy atom. The summed E-state index contributed by atoms with van der Waals surface area (Å²) in [5.74, 6) is -0.0699. The molecule has 9 heteroatoms. The van der Waals surface area contributed by atoms with E-state index < -0.39 is 17.7 Å². The number of hydrogen-bond acceptors (Lipinski definition) is 5. The number of aromatic amines is 1. The number of nitrogens with one attached hydrogen (secondary N) is 1. The van der Waals surface area contributed by atoms with Gasteiger partial charge in [0.25, 0.3) is 0 Å². The van der Waals surface area contributed by atoms with Crippen molar-refractivity contribution in [3.8, 4) is 22.9 Å². The van der Waals surface area contributed by atoms with Gasteiger partial charge in [-0.05, 0) is 43.4 Å². The first kappa shape index (κ1) is 18.8. The van der Waals surface area contributed by atoms with Gasteiger partial charge in [0, 0.05) is 12.1 Å². The van der Waals surface area contributed by atoms with Crippen LogP contribution in [-0.2, 0) is 0 Å². The van der Waals surface area contributed by atoms with E-state index in [1.54, 1.807) is 36.8 Å². The van der Waals surface area contributed by atoms with E-state index in [2.05, 4.69) is 10.2 Å². The molecule has 0 spiro atoms. The lowest BCUT2D eigenvalue weighted by molar-refractivity contribution is 0.204. The molecule has 0 aliphatic heterocycles. The number of hydrogen-bond donors (Lipinski definition) is 1. The van der Waals surface area contributed by atoms with E-state index in [1.165, 1.54) is 13.2 Å². The van der Waals surface area contributed by atoms with Gasteiger partial charge in [0.15, 0.2) is 39.8 Å². The number of methoxy groups -OCH3 is 2. The summed E-state index contributed by atoms with van der Waals surface area (Å²) in [6, 6.07) is 8.35. The zero-order chi connectivity index (χ0) is 19.6. The van der Waals surface area contributed by atoms with Crippen LogP contribution in [0.4, 0.5) is 8.78 Å². The van der Waals surface area contributed by atoms with Gasteiger partial charge < -0.3 is 14.2 Å². The number of halogens is 2. The summed E-state index contributed by atoms with van der Waals surface area (Å²) in [4.78, 5) is 0. The van der Waals surface area contributed by atoms with Gasteiger partial charge >= 0.3 is 0 Å². The molecule has 0 aliphatic carbocycles. The van der Waals surface area contributed by atoms with Gasteiger partial charge in [-0.1, -0.05) is 0 Å². The number of H-pyrrole nitrogens is 1. The molecular weight excluding hydrogens is 376 g/mol. The van der Waals surface area contributed by atoms with Crippen LogP contribution in [0.25, 0.3) is 5.69 Å². The summed E-state index contributed by atoms with van der Waals surface area (Å²) in [6.07, 6.45) is -0.675. The third-order valence-corrected chi connectivity index (χ3v) is 4.16. The maximum absolute atomic E-state index is 13.9. The molecule has 1 aromatic heterocycles. The number of aromatic nitrogens is 3. The lowest BCUT2D eigenvalue weighted by atomic mass is 10.2. The zero-order valence-corrected chi connectivity index (χ0v) is 15.6. The minimum absolute atomic E-state index is 0.0864. The molecule has 6 nitrogen and oxygen atoms in total. The minimum Gasteiger partial charge on any atom is -0.493 e. The Kier molecular flexibility index (Phi) is 5.41. The topological polar surface area (TPSA) is 61.3 Å². The number of ether oxygens (including phenoxy) is 3. The molecule has 0 unspecified atom stereocenters. The molecule has 0 radical (unpaired) electrons. The molecule has 0 bridgehead atoms. The molecular formula is C18H17F2N3O3S. The molecule has 1 N–H and O–H groups in total. The molecule has 0 saturated carbocycles. The predicted molar refractivity (Wildman–Crippen MR) is 97.3 cm³/mol. The highest BCUT2D eigenvalue weighted by atomic mass is 32.1. The number of rotatable bonds is 6. The van der Waals surface area contributed by atoms with Crippen LogP contribution < -0.4 is 14.2 Å². The van der Waals surface area contributed by atoms with E-state index in [0.717, 1.165) is 12.1 Å². The Morgan fingerprint density at radius 2 is 1.74 bits per heavy atom. The van der Waals surface area contributed by atoms with Crippen LogP contribution in [0, 0.1) is 16.4 Å². The van der Waals surface area contributed by atoms with E-state index >= 15 is 0 Å². The Morgan fingerprint density at radius 1 is 1.04 bits per heavy atom. The van der Waals surface area contributed by atoms with Crippen molar-refractivity contribution in [2.45, 2.75) is 13.0 Å². The summed E-state index contributed by atoms with van der Waals surface area (Å²) in [7, 11) is 3.07. The number of benzene rings is 2. The first-order valence-corrected chi connectivity index (χ1v) is 8.37. The van der Waals surface area contributed by atoms with Crippen molar-refractivity contribution in [2.75, 3.05) is 14.2 Å². The van der Waals surface area contributed by atoms with Crippen molar-refractivity contribution in [3.05, 3.63) is 58.6 Å². The van der Waals surface area contributed by atoms with Crippen LogP contribution in [0.3, 0.4) is 0 Å². The highest BCUT2D eigenvalue weighted by Crippen LogP contribution is 2.31. The van der Waals surface area contributed by atoms with Crippen LogP contribution in [0.1, 0.15) is 18.9 Å². The van der Waals surface area contributed by atoms with Crippen LogP contribution in [0.2, 0.25) is 0 Å². The molecule has 0 aliphatic rings. The van der Waals surface area contributed by atoms with Gasteiger partial charge in [0.2, 0.25) is 0 Å². The minimum atomic E-state index is -0.798. The summed E-state index contributed by atoms with van der Waals surface area (Å²) >= 11 is 5.32. The lowest BCUT2D eigenvalue weighted by Gasteiger charge is -2.17. The smallest absolute Gasteiger partial charge is 0.199 e. The molecule has 0 saturated heterocycles. The SMILES string of the molecule is COc1ccc(-n2c([C@H](C)Oc3ccc(F)cc3F)n[nH]c2=S)cc1OC. The number of nitrogens with zero attached hydrogens (tertiary/aromatic N) is 2. The van der Waals surface area contributed by atoms with E-state index in [9.17, 15) is 8.78 Å². The van der Waals surface area contributed by atoms with E-state index in [-0.39, 0.29) is 5.75 Å². The first-order chi connectivity index (χ1) is 12.9. The van der Waals surface area contributed by atoms with Crippen molar-refractivity contribution in [1.82, 2.24) is 14.8 Å². The summed E-state index contributed by atoms with van der Waals surface area (Å²) in [6.45, 7) is 1.69. The molecule has 1 atom stereocenters. The second-order valence-corrected chi connectivity index (χ2v) is 5.98. The maximum Gasteiger partial charge on any atom is 0.199 e. The second kappa shape index (κ2) is 7.75. The van der Waals surface area contributed by atoms with Crippen molar-refractivity contribution in [1.29, 1.82) is 0 Å². The van der Waals surface area contributed by atoms with E-state index in [1.807, 2.05) is 0 Å². The maximum atomic E-state index is 13.9. The largest absolute Gasteiger partial charge is 0.493 e. The van der Waals surface area contributed by atoms with Gasteiger partial charge in [-0.15, -0.1) is 0 Å². The van der Waals surface area contributed by atoms with E-state index in [0.29, 0.717) is 27.8 Å². The predicted octanol–water partition coefficient (Wildman–Crippen LogP) is 4.37. The fraction of sp³-hybridized carbons (Fsp3) is 0.222. The average Bonchev–Trinajstić information content (AvgIpc) is 3.05. The van der Waals surface area contributed by atoms with Crippen molar-refractivity contribution < 1.29 is 23.0 Å². The van der Waals surface area contributed by atoms with Crippen molar-refractivity contribution in [2.24, 2.45) is 0 Å². The second-order valence-electron chi connectivity index (χ2n) is 5.60. The lowest BCUT2D eigenvalue weighted by Crippen LogP contribution is -2.12. The standard InChI is InChI=1S/C18H17F2N3O3S/c1-10(26-14-6-4-11(19)8-13(14)20)17-21-22-18(27)23(17)12-5-7-15(24-2)16(9-12)25-3/h4-10H,1-3H3,(H,22,27)/t10-/m0/s1. The molecule has 0 fully saturated rings. The van der Waals surface area contributed by atoms with Gasteiger partial charge in [-0.3, -0.25) is 9.67 Å². The summed E-state index contributed by atoms with van der Waals surface area (Å²) in [5.41, 5.74) is 0.663. The van der Waals surface area contributed by atoms with Crippen LogP contribution >= 0.6 is 12.2 Å². The Hall–Kier alpha value is -2.94. The Labute approximate surface area is 159 Å². The molecule has 3 aromatic rings. The molecule has 2 aromatic carbocycles. The molecule has 27 heavy (non-hydrogen) atoms. The summed E-state index contributed by atoms with van der Waals surface area (Å²) < 4.78 is 45.1.